The second-order valence-corrected chi connectivity index (χ2v) is 4.79. The summed E-state index contributed by atoms with van der Waals surface area (Å²) in [6.45, 7) is 1.88. The van der Waals surface area contributed by atoms with E-state index in [1.54, 1.807) is 6.20 Å². The van der Waals surface area contributed by atoms with Crippen LogP contribution in [0.4, 0.5) is 0 Å². The van der Waals surface area contributed by atoms with E-state index in [0.717, 1.165) is 11.0 Å². The quantitative estimate of drug-likeness (QED) is 0.827. The van der Waals surface area contributed by atoms with Crippen LogP contribution in [0.2, 0.25) is 0 Å². The Morgan fingerprint density at radius 1 is 1.39 bits per heavy atom. The maximum Gasteiger partial charge on any atom is 0.215 e. The summed E-state index contributed by atoms with van der Waals surface area (Å²) in [6, 6.07) is 8.36. The number of likely N-dealkylation sites (tertiary alicyclic amines) is 1. The van der Waals surface area contributed by atoms with Crippen molar-refractivity contribution in [3.63, 3.8) is 0 Å². The highest BCUT2D eigenvalue weighted by molar-refractivity contribution is 5.74. The van der Waals surface area contributed by atoms with Gasteiger partial charge >= 0.3 is 0 Å². The second kappa shape index (κ2) is 4.90. The average molecular weight is 243 g/mol. The van der Waals surface area contributed by atoms with E-state index in [-0.39, 0.29) is 0 Å². The minimum absolute atomic E-state index is 0.520. The fourth-order valence-electron chi connectivity index (χ4n) is 2.39. The van der Waals surface area contributed by atoms with E-state index < -0.39 is 0 Å². The van der Waals surface area contributed by atoms with Gasteiger partial charge in [-0.2, -0.15) is 4.98 Å². The van der Waals surface area contributed by atoms with E-state index in [0.29, 0.717) is 18.5 Å². The summed E-state index contributed by atoms with van der Waals surface area (Å²) in [5.41, 5.74) is 0.745. The maximum absolute atomic E-state index is 5.78. The van der Waals surface area contributed by atoms with Gasteiger partial charge in [0.05, 0.1) is 0 Å². The van der Waals surface area contributed by atoms with E-state index in [1.807, 2.05) is 24.3 Å². The molecule has 18 heavy (non-hydrogen) atoms. The van der Waals surface area contributed by atoms with Crippen LogP contribution < -0.4 is 4.74 Å². The van der Waals surface area contributed by atoms with Crippen molar-refractivity contribution in [3.05, 3.63) is 30.5 Å². The van der Waals surface area contributed by atoms with Gasteiger partial charge in [-0.15, -0.1) is 0 Å². The number of nitrogens with zero attached hydrogens (tertiary/aromatic N) is 3. The topological polar surface area (TPSA) is 38.2 Å². The summed E-state index contributed by atoms with van der Waals surface area (Å²) in [6.07, 6.45) is 4.23. The number of pyridine rings is 2. The molecule has 1 atom stereocenters. The largest absolute Gasteiger partial charge is 0.476 e. The van der Waals surface area contributed by atoms with Crippen LogP contribution in [-0.4, -0.2) is 41.1 Å². The van der Waals surface area contributed by atoms with Crippen molar-refractivity contribution in [2.75, 3.05) is 20.2 Å². The molecular weight excluding hydrogens is 226 g/mol. The van der Waals surface area contributed by atoms with E-state index in [1.165, 1.54) is 19.4 Å². The Kier molecular flexibility index (Phi) is 3.11. The SMILES string of the molecule is CN1CCC[C@H]1COc1ccc2cccnc2n1. The lowest BCUT2D eigenvalue weighted by molar-refractivity contribution is 0.193. The summed E-state index contributed by atoms with van der Waals surface area (Å²) in [5, 5.41) is 1.04. The first-order valence-electron chi connectivity index (χ1n) is 6.38. The highest BCUT2D eigenvalue weighted by atomic mass is 16.5. The molecule has 0 aromatic carbocycles. The Labute approximate surface area is 107 Å². The minimum Gasteiger partial charge on any atom is -0.476 e. The van der Waals surface area contributed by atoms with Crippen LogP contribution in [-0.2, 0) is 0 Å². The van der Waals surface area contributed by atoms with Crippen molar-refractivity contribution in [2.24, 2.45) is 0 Å². The molecule has 0 unspecified atom stereocenters. The van der Waals surface area contributed by atoms with Crippen molar-refractivity contribution in [2.45, 2.75) is 18.9 Å². The highest BCUT2D eigenvalue weighted by Gasteiger charge is 2.21. The summed E-state index contributed by atoms with van der Waals surface area (Å²) < 4.78 is 5.78. The van der Waals surface area contributed by atoms with Gasteiger partial charge < -0.3 is 9.64 Å². The molecule has 2 aromatic rings. The van der Waals surface area contributed by atoms with E-state index >= 15 is 0 Å². The molecule has 4 nitrogen and oxygen atoms in total. The Morgan fingerprint density at radius 3 is 3.17 bits per heavy atom. The molecule has 0 bridgehead atoms. The third kappa shape index (κ3) is 2.29. The van der Waals surface area contributed by atoms with Gasteiger partial charge in [-0.3, -0.25) is 0 Å². The zero-order valence-electron chi connectivity index (χ0n) is 10.5. The van der Waals surface area contributed by atoms with Crippen LogP contribution in [0.25, 0.3) is 11.0 Å². The Morgan fingerprint density at radius 2 is 2.33 bits per heavy atom. The lowest BCUT2D eigenvalue weighted by atomic mass is 10.2. The van der Waals surface area contributed by atoms with Gasteiger partial charge in [0.25, 0.3) is 0 Å². The van der Waals surface area contributed by atoms with Crippen LogP contribution in [0, 0.1) is 0 Å². The van der Waals surface area contributed by atoms with Gasteiger partial charge in [0.1, 0.15) is 6.61 Å². The number of ether oxygens (including phenoxy) is 1. The van der Waals surface area contributed by atoms with Crippen molar-refractivity contribution in [1.82, 2.24) is 14.9 Å². The fraction of sp³-hybridized carbons (Fsp3) is 0.429. The lowest BCUT2D eigenvalue weighted by Crippen LogP contribution is -2.30. The third-order valence-electron chi connectivity index (χ3n) is 3.53. The summed E-state index contributed by atoms with van der Waals surface area (Å²) in [5.74, 6) is 0.668. The van der Waals surface area contributed by atoms with Crippen molar-refractivity contribution in [1.29, 1.82) is 0 Å². The molecule has 0 spiro atoms. The second-order valence-electron chi connectivity index (χ2n) is 4.79. The predicted octanol–water partition coefficient (Wildman–Crippen LogP) is 2.10. The average Bonchev–Trinajstić information content (AvgIpc) is 2.82. The molecule has 0 amide bonds. The first-order valence-corrected chi connectivity index (χ1v) is 6.38. The zero-order chi connectivity index (χ0) is 12.4. The Hall–Kier alpha value is -1.68. The van der Waals surface area contributed by atoms with Gasteiger partial charge in [-0.05, 0) is 44.6 Å². The molecule has 1 saturated heterocycles. The number of rotatable bonds is 3. The normalized spacial score (nSPS) is 20.4. The Balaban J connectivity index is 1.71. The highest BCUT2D eigenvalue weighted by Crippen LogP contribution is 2.18. The van der Waals surface area contributed by atoms with E-state index in [2.05, 4.69) is 21.9 Å². The van der Waals surface area contributed by atoms with Crippen molar-refractivity contribution in [3.8, 4) is 5.88 Å². The van der Waals surface area contributed by atoms with Crippen LogP contribution in [0.1, 0.15) is 12.8 Å². The van der Waals surface area contributed by atoms with E-state index in [9.17, 15) is 0 Å². The minimum atomic E-state index is 0.520. The summed E-state index contributed by atoms with van der Waals surface area (Å²) >= 11 is 0. The molecular formula is C14H17N3O. The molecule has 2 aromatic heterocycles. The monoisotopic (exact) mass is 243 g/mol. The Bertz CT molecular complexity index is 543. The number of hydrogen-bond acceptors (Lipinski definition) is 4. The van der Waals surface area contributed by atoms with Crippen LogP contribution in [0.3, 0.4) is 0 Å². The molecule has 1 fully saturated rings. The van der Waals surface area contributed by atoms with E-state index in [4.69, 9.17) is 4.74 Å². The standard InChI is InChI=1S/C14H17N3O/c1-17-9-3-5-12(17)10-18-13-7-6-11-4-2-8-15-14(11)16-13/h2,4,6-8,12H,3,5,9-10H2,1H3/t12-/m0/s1. The van der Waals surface area contributed by atoms with Crippen LogP contribution in [0.5, 0.6) is 5.88 Å². The lowest BCUT2D eigenvalue weighted by Gasteiger charge is -2.19. The molecule has 1 aliphatic heterocycles. The zero-order valence-corrected chi connectivity index (χ0v) is 10.5. The first kappa shape index (κ1) is 11.4. The van der Waals surface area contributed by atoms with Crippen molar-refractivity contribution >= 4 is 11.0 Å². The molecule has 1 aliphatic rings. The fourth-order valence-corrected chi connectivity index (χ4v) is 2.39. The van der Waals surface area contributed by atoms with Crippen LogP contribution >= 0.6 is 0 Å². The molecule has 94 valence electrons. The third-order valence-corrected chi connectivity index (χ3v) is 3.53. The first-order chi connectivity index (χ1) is 8.83. The van der Waals surface area contributed by atoms with Gasteiger partial charge in [0, 0.05) is 23.7 Å². The summed E-state index contributed by atoms with van der Waals surface area (Å²) in [7, 11) is 2.15. The number of aromatic nitrogens is 2. The number of likely N-dealkylation sites (N-methyl/N-ethyl adjacent to an activating group) is 1. The predicted molar refractivity (Wildman–Crippen MR) is 70.7 cm³/mol. The van der Waals surface area contributed by atoms with Gasteiger partial charge in [-0.1, -0.05) is 0 Å². The van der Waals surface area contributed by atoms with Crippen LogP contribution in [0.15, 0.2) is 30.5 Å². The number of fused-ring (bicyclic) bond motifs is 1. The molecule has 3 heterocycles. The van der Waals surface area contributed by atoms with Crippen molar-refractivity contribution < 1.29 is 4.74 Å². The molecule has 0 radical (unpaired) electrons. The van der Waals surface area contributed by atoms with Gasteiger partial charge in [0.2, 0.25) is 5.88 Å². The van der Waals surface area contributed by atoms with Gasteiger partial charge in [-0.25, -0.2) is 4.98 Å². The summed E-state index contributed by atoms with van der Waals surface area (Å²) in [4.78, 5) is 11.0. The molecule has 0 aliphatic carbocycles. The molecule has 0 N–H and O–H groups in total. The van der Waals surface area contributed by atoms with Gasteiger partial charge in [0.15, 0.2) is 5.65 Å². The smallest absolute Gasteiger partial charge is 0.215 e. The molecule has 0 saturated carbocycles. The molecule has 4 heteroatoms. The number of hydrogen-bond donors (Lipinski definition) is 0. The maximum atomic E-state index is 5.78. The molecule has 3 rings (SSSR count).